The molecule has 0 bridgehead atoms. The number of rotatable bonds is 50. The first kappa shape index (κ1) is 60.3. The summed E-state index contributed by atoms with van der Waals surface area (Å²) in [4.78, 5) is 26.2. The smallest absolute Gasteiger partial charge is 0.306 e. The number of amides is 1. The van der Waals surface area contributed by atoms with Crippen molar-refractivity contribution >= 4 is 11.9 Å². The monoisotopic (exact) mass is 874 g/mol. The minimum Gasteiger partial charge on any atom is -0.462 e. The van der Waals surface area contributed by atoms with Crippen molar-refractivity contribution in [2.24, 2.45) is 0 Å². The Morgan fingerprint density at radius 1 is 0.452 bits per heavy atom. The lowest BCUT2D eigenvalue weighted by Gasteiger charge is -2.24. The van der Waals surface area contributed by atoms with Gasteiger partial charge in [0.15, 0.2) is 0 Å². The highest BCUT2D eigenvalue weighted by atomic mass is 16.5. The Bertz CT molecular complexity index is 981. The van der Waals surface area contributed by atoms with Gasteiger partial charge in [0.05, 0.1) is 25.2 Å². The van der Waals surface area contributed by atoms with Gasteiger partial charge >= 0.3 is 5.97 Å². The fraction of sp³-hybridized carbons (Fsp3) is 0.893. The molecule has 3 N–H and O–H groups in total. The number of carbonyl (C=O) groups is 2. The largest absolute Gasteiger partial charge is 0.462 e. The molecule has 6 nitrogen and oxygen atoms in total. The highest BCUT2D eigenvalue weighted by Crippen LogP contribution is 2.18. The summed E-state index contributed by atoms with van der Waals surface area (Å²) in [5.41, 5.74) is 0. The molecule has 366 valence electrons. The maximum atomic E-state index is 13.2. The van der Waals surface area contributed by atoms with E-state index in [2.05, 4.69) is 50.4 Å². The van der Waals surface area contributed by atoms with Crippen LogP contribution in [0.5, 0.6) is 0 Å². The second kappa shape index (κ2) is 50.3. The van der Waals surface area contributed by atoms with Gasteiger partial charge in [0.2, 0.25) is 5.91 Å². The van der Waals surface area contributed by atoms with E-state index in [0.29, 0.717) is 19.3 Å². The van der Waals surface area contributed by atoms with Crippen LogP contribution in [-0.4, -0.2) is 46.9 Å². The number of aliphatic hydroxyl groups is 2. The van der Waals surface area contributed by atoms with Crippen LogP contribution < -0.4 is 5.32 Å². The van der Waals surface area contributed by atoms with Crippen LogP contribution in [0.15, 0.2) is 24.3 Å². The van der Waals surface area contributed by atoms with Crippen LogP contribution in [0.4, 0.5) is 0 Å². The number of unbranched alkanes of at least 4 members (excludes halogenated alkanes) is 34. The molecular formula is C56H107NO5. The predicted octanol–water partition coefficient (Wildman–Crippen LogP) is 16.7. The molecule has 0 aromatic rings. The van der Waals surface area contributed by atoms with Gasteiger partial charge in [-0.3, -0.25) is 9.59 Å². The Kier molecular flexibility index (Phi) is 49.0. The zero-order chi connectivity index (χ0) is 45.2. The summed E-state index contributed by atoms with van der Waals surface area (Å²) in [5.74, 6) is -0.485. The van der Waals surface area contributed by atoms with E-state index in [1.165, 1.54) is 180 Å². The summed E-state index contributed by atoms with van der Waals surface area (Å²) in [6, 6.07) is -0.704. The molecule has 0 fully saturated rings. The highest BCUT2D eigenvalue weighted by Gasteiger charge is 2.24. The molecule has 0 aromatic heterocycles. The topological polar surface area (TPSA) is 95.9 Å². The second-order valence-electron chi connectivity index (χ2n) is 19.0. The van der Waals surface area contributed by atoms with Gasteiger partial charge in [-0.1, -0.05) is 231 Å². The van der Waals surface area contributed by atoms with Crippen molar-refractivity contribution in [3.63, 3.8) is 0 Å². The number of ether oxygens (including phenoxy) is 1. The Labute approximate surface area is 386 Å². The lowest BCUT2D eigenvalue weighted by atomic mass is 10.0. The fourth-order valence-corrected chi connectivity index (χ4v) is 8.54. The predicted molar refractivity (Wildman–Crippen MR) is 269 cm³/mol. The summed E-state index contributed by atoms with van der Waals surface area (Å²) >= 11 is 0. The molecule has 3 unspecified atom stereocenters. The van der Waals surface area contributed by atoms with Gasteiger partial charge in [-0.2, -0.15) is 0 Å². The molecule has 0 aromatic carbocycles. The maximum absolute atomic E-state index is 13.2. The molecule has 1 amide bonds. The summed E-state index contributed by atoms with van der Waals surface area (Å²) in [6.45, 7) is 6.49. The van der Waals surface area contributed by atoms with Crippen molar-refractivity contribution in [3.8, 4) is 0 Å². The van der Waals surface area contributed by atoms with Gasteiger partial charge in [-0.15, -0.1) is 0 Å². The molecule has 0 radical (unpaired) electrons. The van der Waals surface area contributed by atoms with E-state index in [0.717, 1.165) is 70.6 Å². The molecule has 62 heavy (non-hydrogen) atoms. The summed E-state index contributed by atoms with van der Waals surface area (Å²) in [5, 5.41) is 23.8. The van der Waals surface area contributed by atoms with Crippen LogP contribution in [0, 0.1) is 0 Å². The number of carbonyl (C=O) groups excluding carboxylic acids is 2. The van der Waals surface area contributed by atoms with Crippen LogP contribution in [-0.2, 0) is 14.3 Å². The maximum Gasteiger partial charge on any atom is 0.306 e. The first-order valence-electron chi connectivity index (χ1n) is 27.6. The molecule has 0 spiro atoms. The van der Waals surface area contributed by atoms with Crippen LogP contribution in [0.3, 0.4) is 0 Å². The number of nitrogens with one attached hydrogen (secondary N) is 1. The lowest BCUT2D eigenvalue weighted by Crippen LogP contribution is -2.46. The highest BCUT2D eigenvalue weighted by molar-refractivity contribution is 5.77. The van der Waals surface area contributed by atoms with E-state index < -0.39 is 18.2 Å². The van der Waals surface area contributed by atoms with Crippen molar-refractivity contribution in [1.82, 2.24) is 5.32 Å². The van der Waals surface area contributed by atoms with Crippen LogP contribution in [0.2, 0.25) is 0 Å². The third kappa shape index (κ3) is 44.9. The average molecular weight is 874 g/mol. The first-order valence-corrected chi connectivity index (χ1v) is 27.6. The van der Waals surface area contributed by atoms with Gasteiger partial charge in [-0.05, 0) is 77.0 Å². The molecule has 0 saturated heterocycles. The summed E-state index contributed by atoms with van der Waals surface area (Å²) in [6.07, 6.45) is 58.1. The van der Waals surface area contributed by atoms with E-state index >= 15 is 0 Å². The summed E-state index contributed by atoms with van der Waals surface area (Å²) < 4.78 is 5.94. The Morgan fingerprint density at radius 3 is 1.16 bits per heavy atom. The van der Waals surface area contributed by atoms with E-state index in [-0.39, 0.29) is 24.9 Å². The van der Waals surface area contributed by atoms with Gasteiger partial charge in [0.1, 0.15) is 6.10 Å². The van der Waals surface area contributed by atoms with Crippen molar-refractivity contribution in [2.75, 3.05) is 6.61 Å². The fourth-order valence-electron chi connectivity index (χ4n) is 8.54. The minimum absolute atomic E-state index is 0.0680. The first-order chi connectivity index (χ1) is 30.5. The van der Waals surface area contributed by atoms with E-state index in [4.69, 9.17) is 4.74 Å². The normalized spacial score (nSPS) is 13.3. The molecule has 3 atom stereocenters. The van der Waals surface area contributed by atoms with Gasteiger partial charge in [0, 0.05) is 6.42 Å². The van der Waals surface area contributed by atoms with E-state index in [1.54, 1.807) is 0 Å². The van der Waals surface area contributed by atoms with Gasteiger partial charge < -0.3 is 20.3 Å². The number of hydrogen-bond acceptors (Lipinski definition) is 5. The Hall–Kier alpha value is -1.66. The molecule has 6 heteroatoms. The molecule has 0 aliphatic carbocycles. The Morgan fingerprint density at radius 2 is 0.774 bits per heavy atom. The number of esters is 1. The molecule has 0 rings (SSSR count). The number of allylic oxidation sites excluding steroid dienone is 4. The van der Waals surface area contributed by atoms with Gasteiger partial charge in [0.25, 0.3) is 0 Å². The van der Waals surface area contributed by atoms with Crippen molar-refractivity contribution in [2.45, 2.75) is 315 Å². The van der Waals surface area contributed by atoms with Crippen LogP contribution in [0.1, 0.15) is 297 Å². The Balaban J connectivity index is 4.58. The van der Waals surface area contributed by atoms with Crippen LogP contribution >= 0.6 is 0 Å². The second-order valence-corrected chi connectivity index (χ2v) is 19.0. The standard InChI is InChI=1S/C56H107NO5/c1-4-7-10-13-16-19-22-24-26-28-30-33-35-38-41-44-47-52(62-56(61)49-46-43-40-37-34-31-29-27-25-23-20-17-14-11-8-5-2)50-55(60)57-53(51-58)54(59)48-45-42-39-36-32-21-18-15-12-9-6-3/h27,29-30,33,52-54,58-59H,4-26,28,31-32,34-51H2,1-3H3,(H,57,60)/b29-27+,33-30+. The number of aliphatic hydroxyl groups excluding tert-OH is 2. The molecule has 0 aliphatic rings. The molecule has 0 saturated carbocycles. The summed E-state index contributed by atoms with van der Waals surface area (Å²) in [7, 11) is 0. The van der Waals surface area contributed by atoms with E-state index in [1.807, 2.05) is 0 Å². The van der Waals surface area contributed by atoms with Crippen molar-refractivity contribution in [1.29, 1.82) is 0 Å². The third-order valence-corrected chi connectivity index (χ3v) is 12.8. The minimum atomic E-state index is -0.789. The number of hydrogen-bond donors (Lipinski definition) is 3. The molecule has 0 aliphatic heterocycles. The van der Waals surface area contributed by atoms with Crippen molar-refractivity contribution < 1.29 is 24.5 Å². The SMILES string of the molecule is CCCCCCCCC/C=C/CCCCCCCC(=O)OC(CCCCC/C=C/CCCCCCCCCCC)CC(=O)NC(CO)C(O)CCCCCCCCCCCCC. The quantitative estimate of drug-likeness (QED) is 0.0321. The lowest BCUT2D eigenvalue weighted by molar-refractivity contribution is -0.151. The zero-order valence-corrected chi connectivity index (χ0v) is 41.8. The third-order valence-electron chi connectivity index (χ3n) is 12.8. The molecule has 0 heterocycles. The molecular weight excluding hydrogens is 767 g/mol. The van der Waals surface area contributed by atoms with Gasteiger partial charge in [-0.25, -0.2) is 0 Å². The van der Waals surface area contributed by atoms with Crippen LogP contribution in [0.25, 0.3) is 0 Å². The van der Waals surface area contributed by atoms with E-state index in [9.17, 15) is 19.8 Å². The zero-order valence-electron chi connectivity index (χ0n) is 41.8. The average Bonchev–Trinajstić information content (AvgIpc) is 3.26. The van der Waals surface area contributed by atoms with Crippen molar-refractivity contribution in [3.05, 3.63) is 24.3 Å².